The number of carbonyl (C=O) groups is 1. The second-order valence-corrected chi connectivity index (χ2v) is 8.17. The van der Waals surface area contributed by atoms with Crippen LogP contribution in [0.4, 0.5) is 0 Å². The minimum Gasteiger partial charge on any atom is -0.334 e. The van der Waals surface area contributed by atoms with Gasteiger partial charge in [0.2, 0.25) is 5.91 Å². The Hall–Kier alpha value is -1.66. The Morgan fingerprint density at radius 3 is 2.92 bits per heavy atom. The van der Waals surface area contributed by atoms with Crippen molar-refractivity contribution >= 4 is 17.2 Å². The van der Waals surface area contributed by atoms with E-state index in [1.165, 1.54) is 32.4 Å². The van der Waals surface area contributed by atoms with E-state index in [-0.39, 0.29) is 5.91 Å². The normalized spacial score (nSPS) is 21.3. The molecule has 0 radical (unpaired) electrons. The first kappa shape index (κ1) is 16.8. The number of aromatic nitrogens is 2. The third kappa shape index (κ3) is 3.96. The molecule has 0 aliphatic carbocycles. The minimum atomic E-state index is 0.234. The summed E-state index contributed by atoms with van der Waals surface area (Å²) in [7, 11) is 0. The SMILES string of the molecule is O=C(Cc1cccs1)N1Cc2ccnn2[C@H](CCN2CCCCC2)C1. The zero-order valence-electron chi connectivity index (χ0n) is 14.6. The number of nitrogens with zero attached hydrogens (tertiary/aromatic N) is 4. The Labute approximate surface area is 153 Å². The van der Waals surface area contributed by atoms with Crippen molar-refractivity contribution in [1.29, 1.82) is 0 Å². The molecular formula is C19H26N4OS. The highest BCUT2D eigenvalue weighted by molar-refractivity contribution is 7.10. The molecule has 1 amide bonds. The molecule has 0 bridgehead atoms. The number of piperidine rings is 1. The van der Waals surface area contributed by atoms with Gasteiger partial charge in [0.25, 0.3) is 0 Å². The fourth-order valence-electron chi connectivity index (χ4n) is 3.98. The topological polar surface area (TPSA) is 41.4 Å². The van der Waals surface area contributed by atoms with Crippen LogP contribution >= 0.6 is 11.3 Å². The molecule has 0 aromatic carbocycles. The molecule has 0 unspecified atom stereocenters. The Kier molecular flexibility index (Phi) is 5.17. The Morgan fingerprint density at radius 2 is 2.12 bits per heavy atom. The van der Waals surface area contributed by atoms with Crippen LogP contribution in [0.15, 0.2) is 29.8 Å². The maximum absolute atomic E-state index is 12.7. The van der Waals surface area contributed by atoms with E-state index in [0.717, 1.165) is 30.1 Å². The van der Waals surface area contributed by atoms with Crippen LogP contribution < -0.4 is 0 Å². The summed E-state index contributed by atoms with van der Waals surface area (Å²) in [5.74, 6) is 0.234. The van der Waals surface area contributed by atoms with Crippen LogP contribution in [0.5, 0.6) is 0 Å². The molecule has 25 heavy (non-hydrogen) atoms. The Morgan fingerprint density at radius 1 is 1.24 bits per heavy atom. The zero-order chi connectivity index (χ0) is 17.1. The van der Waals surface area contributed by atoms with Gasteiger partial charge in [0.15, 0.2) is 0 Å². The summed E-state index contributed by atoms with van der Waals surface area (Å²) in [6.07, 6.45) is 7.47. The van der Waals surface area contributed by atoms with Crippen molar-refractivity contribution in [3.8, 4) is 0 Å². The van der Waals surface area contributed by atoms with Crippen LogP contribution in [0.2, 0.25) is 0 Å². The van der Waals surface area contributed by atoms with Crippen LogP contribution in [0.25, 0.3) is 0 Å². The Bertz CT molecular complexity index is 690. The maximum atomic E-state index is 12.7. The van der Waals surface area contributed by atoms with E-state index in [4.69, 9.17) is 0 Å². The molecule has 0 saturated carbocycles. The highest BCUT2D eigenvalue weighted by Gasteiger charge is 2.28. The first-order chi connectivity index (χ1) is 12.3. The van der Waals surface area contributed by atoms with Crippen molar-refractivity contribution in [2.45, 2.75) is 44.7 Å². The second kappa shape index (κ2) is 7.70. The van der Waals surface area contributed by atoms with Gasteiger partial charge >= 0.3 is 0 Å². The van der Waals surface area contributed by atoms with E-state index < -0.39 is 0 Å². The molecule has 5 nitrogen and oxygen atoms in total. The van der Waals surface area contributed by atoms with Crippen LogP contribution in [0.1, 0.15) is 42.3 Å². The third-order valence-corrected chi connectivity index (χ3v) is 6.24. The number of hydrogen-bond acceptors (Lipinski definition) is 4. The molecule has 2 aromatic heterocycles. The molecular weight excluding hydrogens is 332 g/mol. The first-order valence-electron chi connectivity index (χ1n) is 9.34. The number of thiophene rings is 1. The average Bonchev–Trinajstić information content (AvgIpc) is 3.31. The van der Waals surface area contributed by atoms with Crippen molar-refractivity contribution in [1.82, 2.24) is 19.6 Å². The molecule has 2 aliphatic rings. The van der Waals surface area contributed by atoms with E-state index in [1.807, 2.05) is 28.6 Å². The van der Waals surface area contributed by atoms with Crippen LogP contribution in [-0.2, 0) is 17.8 Å². The minimum absolute atomic E-state index is 0.234. The van der Waals surface area contributed by atoms with Gasteiger partial charge in [0.05, 0.1) is 24.7 Å². The van der Waals surface area contributed by atoms with Gasteiger partial charge in [-0.05, 0) is 49.9 Å². The van der Waals surface area contributed by atoms with Crippen molar-refractivity contribution in [2.24, 2.45) is 0 Å². The molecule has 2 aromatic rings. The number of likely N-dealkylation sites (tertiary alicyclic amines) is 1. The first-order valence-corrected chi connectivity index (χ1v) is 10.2. The molecule has 6 heteroatoms. The summed E-state index contributed by atoms with van der Waals surface area (Å²) in [5, 5.41) is 6.57. The fourth-order valence-corrected chi connectivity index (χ4v) is 4.68. The molecule has 1 saturated heterocycles. The largest absolute Gasteiger partial charge is 0.334 e. The van der Waals surface area contributed by atoms with Crippen LogP contribution in [0, 0.1) is 0 Å². The van der Waals surface area contributed by atoms with Crippen molar-refractivity contribution in [3.63, 3.8) is 0 Å². The molecule has 2 aliphatic heterocycles. The monoisotopic (exact) mass is 358 g/mol. The van der Waals surface area contributed by atoms with Gasteiger partial charge in [0.1, 0.15) is 0 Å². The lowest BCUT2D eigenvalue weighted by molar-refractivity contribution is -0.132. The standard InChI is InChI=1S/C19H26N4OS/c24-19(13-18-5-4-12-25-18)22-14-16-6-8-20-23(16)17(15-22)7-11-21-9-2-1-3-10-21/h4-6,8,12,17H,1-3,7,9-11,13-15H2/t17-/m1/s1. The van der Waals surface area contributed by atoms with Crippen LogP contribution in [-0.4, -0.2) is 51.7 Å². The number of carbonyl (C=O) groups excluding carboxylic acids is 1. The van der Waals surface area contributed by atoms with Gasteiger partial charge in [-0.1, -0.05) is 12.5 Å². The predicted molar refractivity (Wildman–Crippen MR) is 99.6 cm³/mol. The number of rotatable bonds is 5. The molecule has 4 rings (SSSR count). The van der Waals surface area contributed by atoms with Crippen molar-refractivity contribution in [2.75, 3.05) is 26.2 Å². The van der Waals surface area contributed by atoms with E-state index in [1.54, 1.807) is 11.3 Å². The molecule has 4 heterocycles. The van der Waals surface area contributed by atoms with Gasteiger partial charge in [-0.2, -0.15) is 5.10 Å². The van der Waals surface area contributed by atoms with E-state index in [0.29, 0.717) is 19.0 Å². The highest BCUT2D eigenvalue weighted by Crippen LogP contribution is 2.25. The number of fused-ring (bicyclic) bond motifs is 1. The van der Waals surface area contributed by atoms with Crippen LogP contribution in [0.3, 0.4) is 0 Å². The van der Waals surface area contributed by atoms with Gasteiger partial charge in [0, 0.05) is 24.2 Å². The highest BCUT2D eigenvalue weighted by atomic mass is 32.1. The van der Waals surface area contributed by atoms with Crippen molar-refractivity contribution in [3.05, 3.63) is 40.3 Å². The fraction of sp³-hybridized carbons (Fsp3) is 0.579. The van der Waals surface area contributed by atoms with E-state index in [9.17, 15) is 4.79 Å². The lowest BCUT2D eigenvalue weighted by atomic mass is 10.1. The number of amides is 1. The van der Waals surface area contributed by atoms with Gasteiger partial charge < -0.3 is 9.80 Å². The summed E-state index contributed by atoms with van der Waals surface area (Å²) in [6, 6.07) is 6.41. The van der Waals surface area contributed by atoms with Gasteiger partial charge in [-0.25, -0.2) is 0 Å². The average molecular weight is 359 g/mol. The zero-order valence-corrected chi connectivity index (χ0v) is 15.5. The predicted octanol–water partition coefficient (Wildman–Crippen LogP) is 2.95. The third-order valence-electron chi connectivity index (χ3n) is 5.37. The van der Waals surface area contributed by atoms with Crippen molar-refractivity contribution < 1.29 is 4.79 Å². The second-order valence-electron chi connectivity index (χ2n) is 7.14. The molecule has 1 atom stereocenters. The summed E-state index contributed by atoms with van der Waals surface area (Å²) in [5.41, 5.74) is 1.16. The maximum Gasteiger partial charge on any atom is 0.228 e. The summed E-state index contributed by atoms with van der Waals surface area (Å²) < 4.78 is 2.15. The molecule has 1 fully saturated rings. The van der Waals surface area contributed by atoms with E-state index in [2.05, 4.69) is 20.7 Å². The lowest BCUT2D eigenvalue weighted by Gasteiger charge is -2.35. The lowest BCUT2D eigenvalue weighted by Crippen LogP contribution is -2.43. The van der Waals surface area contributed by atoms with E-state index >= 15 is 0 Å². The number of hydrogen-bond donors (Lipinski definition) is 0. The molecule has 0 N–H and O–H groups in total. The van der Waals surface area contributed by atoms with Gasteiger partial charge in [-0.15, -0.1) is 11.3 Å². The molecule has 0 spiro atoms. The van der Waals surface area contributed by atoms with Gasteiger partial charge in [-0.3, -0.25) is 9.48 Å². The summed E-state index contributed by atoms with van der Waals surface area (Å²) in [6.45, 7) is 5.02. The quantitative estimate of drug-likeness (QED) is 0.825. The molecule has 134 valence electrons. The smallest absolute Gasteiger partial charge is 0.228 e. The Balaban J connectivity index is 1.41. The summed E-state index contributed by atoms with van der Waals surface area (Å²) in [4.78, 5) is 18.5. The summed E-state index contributed by atoms with van der Waals surface area (Å²) >= 11 is 1.66.